The van der Waals surface area contributed by atoms with E-state index in [9.17, 15) is 17.6 Å². The third-order valence-corrected chi connectivity index (χ3v) is 8.45. The SMILES string of the molecule is Cc1cc2c(cnn2-c2ccc(F)cc2)cc1C12CC1CN(Sc1cnn(C)n1)C2.FC(F)(F)c1ccccc1. The minimum Gasteiger partial charge on any atom is -0.244 e. The van der Waals surface area contributed by atoms with Crippen molar-refractivity contribution in [2.24, 2.45) is 13.0 Å². The van der Waals surface area contributed by atoms with Crippen molar-refractivity contribution in [2.45, 2.75) is 30.0 Å². The molecule has 0 amide bonds. The van der Waals surface area contributed by atoms with Gasteiger partial charge in [-0.3, -0.25) is 0 Å². The number of aryl methyl sites for hydroxylation is 2. The lowest BCUT2D eigenvalue weighted by atomic mass is 9.90. The van der Waals surface area contributed by atoms with E-state index in [1.165, 1.54) is 41.8 Å². The molecule has 1 saturated carbocycles. The van der Waals surface area contributed by atoms with Gasteiger partial charge in [-0.15, -0.1) is 5.10 Å². The Bertz CT molecular complexity index is 1650. The number of aromatic nitrogens is 5. The van der Waals surface area contributed by atoms with Gasteiger partial charge >= 0.3 is 6.18 Å². The summed E-state index contributed by atoms with van der Waals surface area (Å²) in [5, 5.41) is 15.2. The molecule has 11 heteroatoms. The maximum atomic E-state index is 13.3. The highest BCUT2D eigenvalue weighted by atomic mass is 32.2. The quantitative estimate of drug-likeness (QED) is 0.182. The van der Waals surface area contributed by atoms with Gasteiger partial charge in [0.1, 0.15) is 5.82 Å². The lowest BCUT2D eigenvalue weighted by molar-refractivity contribution is -0.137. The molecule has 1 aliphatic carbocycles. The van der Waals surface area contributed by atoms with E-state index in [4.69, 9.17) is 0 Å². The molecule has 6 nitrogen and oxygen atoms in total. The number of halogens is 4. The Kier molecular flexibility index (Phi) is 6.66. The fourth-order valence-electron chi connectivity index (χ4n) is 5.55. The number of hydrogen-bond donors (Lipinski definition) is 0. The van der Waals surface area contributed by atoms with Crippen LogP contribution in [-0.2, 0) is 18.6 Å². The van der Waals surface area contributed by atoms with Crippen LogP contribution in [0.15, 0.2) is 84.1 Å². The molecule has 0 spiro atoms. The third-order valence-electron chi connectivity index (χ3n) is 7.54. The van der Waals surface area contributed by atoms with Crippen LogP contribution in [0.1, 0.15) is 23.1 Å². The first-order valence-electron chi connectivity index (χ1n) is 12.8. The van der Waals surface area contributed by atoms with E-state index < -0.39 is 11.7 Å². The normalized spacial score (nSPS) is 20.3. The van der Waals surface area contributed by atoms with Crippen molar-refractivity contribution in [1.29, 1.82) is 0 Å². The number of alkyl halides is 3. The molecule has 40 heavy (non-hydrogen) atoms. The summed E-state index contributed by atoms with van der Waals surface area (Å²) in [5.41, 5.74) is 4.27. The first kappa shape index (κ1) is 26.5. The van der Waals surface area contributed by atoms with E-state index in [-0.39, 0.29) is 11.2 Å². The lowest BCUT2D eigenvalue weighted by Gasteiger charge is -2.20. The lowest BCUT2D eigenvalue weighted by Crippen LogP contribution is -2.21. The van der Waals surface area contributed by atoms with Gasteiger partial charge in [0.05, 0.1) is 29.2 Å². The Morgan fingerprint density at radius 1 is 0.975 bits per heavy atom. The van der Waals surface area contributed by atoms with E-state index >= 15 is 0 Å². The van der Waals surface area contributed by atoms with E-state index in [0.29, 0.717) is 5.92 Å². The highest BCUT2D eigenvalue weighted by Gasteiger charge is 2.61. The van der Waals surface area contributed by atoms with E-state index in [1.54, 1.807) is 34.9 Å². The molecule has 1 aliphatic heterocycles. The average molecular weight is 567 g/mol. The van der Waals surface area contributed by atoms with Crippen LogP contribution in [0.2, 0.25) is 0 Å². The van der Waals surface area contributed by atoms with Crippen molar-refractivity contribution < 1.29 is 17.6 Å². The van der Waals surface area contributed by atoms with Gasteiger partial charge in [-0.2, -0.15) is 28.2 Å². The van der Waals surface area contributed by atoms with Crippen LogP contribution in [-0.4, -0.2) is 42.2 Å². The van der Waals surface area contributed by atoms with Gasteiger partial charge in [0, 0.05) is 30.9 Å². The van der Waals surface area contributed by atoms with Crippen LogP contribution >= 0.6 is 11.9 Å². The zero-order valence-electron chi connectivity index (χ0n) is 21.8. The number of piperidine rings is 1. The molecular formula is C29H26F4N6S. The molecule has 2 atom stereocenters. The number of hydrogen-bond acceptors (Lipinski definition) is 5. The Morgan fingerprint density at radius 2 is 1.73 bits per heavy atom. The van der Waals surface area contributed by atoms with Crippen molar-refractivity contribution in [3.05, 3.63) is 102 Å². The van der Waals surface area contributed by atoms with Crippen molar-refractivity contribution in [3.8, 4) is 5.69 Å². The fraction of sp³-hybridized carbons (Fsp3) is 0.276. The van der Waals surface area contributed by atoms with Crippen molar-refractivity contribution in [1.82, 2.24) is 29.1 Å². The Balaban J connectivity index is 0.000000246. The van der Waals surface area contributed by atoms with E-state index in [2.05, 4.69) is 38.7 Å². The molecular weight excluding hydrogens is 540 g/mol. The second-order valence-electron chi connectivity index (χ2n) is 10.3. The van der Waals surface area contributed by atoms with Crippen molar-refractivity contribution in [2.75, 3.05) is 13.1 Å². The molecule has 3 heterocycles. The summed E-state index contributed by atoms with van der Waals surface area (Å²) in [4.78, 5) is 1.60. The third kappa shape index (κ3) is 5.11. The molecule has 0 bridgehead atoms. The average Bonchev–Trinajstić information content (AvgIpc) is 3.22. The molecule has 2 fully saturated rings. The van der Waals surface area contributed by atoms with Gasteiger partial charge in [-0.25, -0.2) is 13.4 Å². The predicted molar refractivity (Wildman–Crippen MR) is 145 cm³/mol. The molecule has 2 aromatic heterocycles. The molecule has 5 aromatic rings. The highest BCUT2D eigenvalue weighted by Crippen LogP contribution is 2.61. The maximum Gasteiger partial charge on any atom is 0.416 e. The Morgan fingerprint density at radius 3 is 2.38 bits per heavy atom. The second-order valence-corrected chi connectivity index (χ2v) is 11.4. The zero-order valence-corrected chi connectivity index (χ0v) is 22.6. The van der Waals surface area contributed by atoms with Crippen LogP contribution in [0.5, 0.6) is 0 Å². The summed E-state index contributed by atoms with van der Waals surface area (Å²) in [5.74, 6) is 0.447. The molecule has 0 N–H and O–H groups in total. The van der Waals surface area contributed by atoms with Crippen LogP contribution in [0.25, 0.3) is 16.6 Å². The number of nitrogens with zero attached hydrogens (tertiary/aromatic N) is 6. The standard InChI is InChI=1S/C22H21FN6S.C7H5F3/c1-14-7-20-15(10-25-29(20)18-5-3-17(23)4-6-18)8-19(14)22-9-16(22)12-28(13-22)30-21-11-24-27(2)26-21;8-7(9,10)6-4-2-1-3-5-6/h3-8,10-11,16H,9,12-13H2,1-2H3;1-5H. The maximum absolute atomic E-state index is 13.3. The largest absolute Gasteiger partial charge is 0.416 e. The van der Waals surface area contributed by atoms with Gasteiger partial charge in [0.2, 0.25) is 0 Å². The summed E-state index contributed by atoms with van der Waals surface area (Å²) >= 11 is 1.70. The number of fused-ring (bicyclic) bond motifs is 2. The summed E-state index contributed by atoms with van der Waals surface area (Å²) in [6, 6.07) is 17.4. The van der Waals surface area contributed by atoms with Gasteiger partial charge in [-0.05, 0) is 78.7 Å². The van der Waals surface area contributed by atoms with Crippen molar-refractivity contribution >= 4 is 22.9 Å². The smallest absolute Gasteiger partial charge is 0.244 e. The molecule has 206 valence electrons. The predicted octanol–water partition coefficient (Wildman–Crippen LogP) is 6.59. The summed E-state index contributed by atoms with van der Waals surface area (Å²) in [6.45, 7) is 4.30. The Labute approximate surface area is 232 Å². The van der Waals surface area contributed by atoms with E-state index in [0.717, 1.165) is 46.8 Å². The molecule has 1 saturated heterocycles. The summed E-state index contributed by atoms with van der Waals surface area (Å²) in [7, 11) is 1.84. The van der Waals surface area contributed by atoms with Crippen LogP contribution in [0, 0.1) is 18.7 Å². The van der Waals surface area contributed by atoms with Crippen LogP contribution in [0.4, 0.5) is 17.6 Å². The topological polar surface area (TPSA) is 51.8 Å². The van der Waals surface area contributed by atoms with Gasteiger partial charge < -0.3 is 0 Å². The van der Waals surface area contributed by atoms with Gasteiger partial charge in [0.25, 0.3) is 0 Å². The number of rotatable bonds is 4. The van der Waals surface area contributed by atoms with Gasteiger partial charge in [0.15, 0.2) is 5.03 Å². The molecule has 2 unspecified atom stereocenters. The summed E-state index contributed by atoms with van der Waals surface area (Å²) in [6.07, 6.45) is 0.767. The van der Waals surface area contributed by atoms with Crippen molar-refractivity contribution in [3.63, 3.8) is 0 Å². The first-order chi connectivity index (χ1) is 19.1. The fourth-order valence-corrected chi connectivity index (χ4v) is 6.62. The monoisotopic (exact) mass is 566 g/mol. The molecule has 7 rings (SSSR count). The zero-order chi connectivity index (χ0) is 28.1. The minimum absolute atomic E-state index is 0.228. The highest BCUT2D eigenvalue weighted by molar-refractivity contribution is 7.97. The minimum atomic E-state index is -4.21. The van der Waals surface area contributed by atoms with E-state index in [1.807, 2.05) is 24.1 Å². The van der Waals surface area contributed by atoms with Crippen LogP contribution in [0.3, 0.4) is 0 Å². The summed E-state index contributed by atoms with van der Waals surface area (Å²) < 4.78 is 53.0. The molecule has 2 aliphatic rings. The second kappa shape index (κ2) is 10.0. The first-order valence-corrected chi connectivity index (χ1v) is 13.6. The van der Waals surface area contributed by atoms with Crippen LogP contribution < -0.4 is 0 Å². The number of benzene rings is 3. The molecule has 3 aromatic carbocycles. The Hall–Kier alpha value is -3.70. The van der Waals surface area contributed by atoms with Gasteiger partial charge in [-0.1, -0.05) is 30.3 Å². The molecule has 0 radical (unpaired) electrons.